The first-order valence-electron chi connectivity index (χ1n) is 8.60. The van der Waals surface area contributed by atoms with Gasteiger partial charge in [0.1, 0.15) is 0 Å². The Bertz CT molecular complexity index is 956. The average molecular weight is 384 g/mol. The second-order valence-corrected chi connectivity index (χ2v) is 6.93. The van der Waals surface area contributed by atoms with Crippen LogP contribution in [0.5, 0.6) is 0 Å². The van der Waals surface area contributed by atoms with Gasteiger partial charge in [0.2, 0.25) is 0 Å². The Balaban J connectivity index is 1.88. The van der Waals surface area contributed by atoms with Crippen LogP contribution >= 0.6 is 11.8 Å². The lowest BCUT2D eigenvalue weighted by atomic mass is 10.1. The molecule has 0 spiro atoms. The van der Waals surface area contributed by atoms with Gasteiger partial charge in [0.05, 0.1) is 28.6 Å². The first kappa shape index (κ1) is 18.9. The van der Waals surface area contributed by atoms with E-state index in [4.69, 9.17) is 10.1 Å². The number of carboxylic acid groups (broad SMARTS) is 1. The molecule has 2 aromatic heterocycles. The Morgan fingerprint density at radius 2 is 2.04 bits per heavy atom. The SMILES string of the molecule is CCn1ncc2c(C(=O)NCCSCC(=O)O)cc(-c3ccccc3)nc21. The number of pyridine rings is 1. The number of fused-ring (bicyclic) bond motifs is 1. The van der Waals surface area contributed by atoms with Gasteiger partial charge in [-0.2, -0.15) is 5.10 Å². The van der Waals surface area contributed by atoms with Crippen molar-refractivity contribution in [2.75, 3.05) is 18.1 Å². The van der Waals surface area contributed by atoms with E-state index in [0.717, 1.165) is 5.56 Å². The molecule has 0 radical (unpaired) electrons. The summed E-state index contributed by atoms with van der Waals surface area (Å²) in [6.07, 6.45) is 1.66. The maximum absolute atomic E-state index is 12.7. The van der Waals surface area contributed by atoms with E-state index >= 15 is 0 Å². The summed E-state index contributed by atoms with van der Waals surface area (Å²) in [5.74, 6) is -0.518. The number of nitrogens with zero attached hydrogens (tertiary/aromatic N) is 3. The van der Waals surface area contributed by atoms with Gasteiger partial charge in [0, 0.05) is 24.4 Å². The van der Waals surface area contributed by atoms with Crippen LogP contribution in [0.3, 0.4) is 0 Å². The Morgan fingerprint density at radius 1 is 1.26 bits per heavy atom. The number of nitrogens with one attached hydrogen (secondary N) is 1. The van der Waals surface area contributed by atoms with Crippen LogP contribution in [-0.2, 0) is 11.3 Å². The van der Waals surface area contributed by atoms with E-state index in [0.29, 0.717) is 41.1 Å². The molecule has 0 saturated carbocycles. The highest BCUT2D eigenvalue weighted by Gasteiger charge is 2.17. The van der Waals surface area contributed by atoms with Crippen molar-refractivity contribution >= 4 is 34.7 Å². The van der Waals surface area contributed by atoms with Gasteiger partial charge in [-0.1, -0.05) is 30.3 Å². The highest BCUT2D eigenvalue weighted by molar-refractivity contribution is 7.99. The van der Waals surface area contributed by atoms with Crippen molar-refractivity contribution in [1.29, 1.82) is 0 Å². The van der Waals surface area contributed by atoms with Gasteiger partial charge in [-0.05, 0) is 13.0 Å². The van der Waals surface area contributed by atoms with E-state index in [2.05, 4.69) is 10.4 Å². The first-order valence-corrected chi connectivity index (χ1v) is 9.75. The minimum absolute atomic E-state index is 0.0246. The highest BCUT2D eigenvalue weighted by Crippen LogP contribution is 2.24. The van der Waals surface area contributed by atoms with Crippen LogP contribution in [0.15, 0.2) is 42.6 Å². The fourth-order valence-electron chi connectivity index (χ4n) is 2.72. The summed E-state index contributed by atoms with van der Waals surface area (Å²) < 4.78 is 1.77. The number of carboxylic acids is 1. The fourth-order valence-corrected chi connectivity index (χ4v) is 3.28. The average Bonchev–Trinajstić information content (AvgIpc) is 3.10. The molecule has 0 bridgehead atoms. The molecule has 0 atom stereocenters. The fraction of sp³-hybridized carbons (Fsp3) is 0.263. The van der Waals surface area contributed by atoms with Crippen molar-refractivity contribution in [3.05, 3.63) is 48.2 Å². The molecule has 8 heteroatoms. The summed E-state index contributed by atoms with van der Waals surface area (Å²) in [4.78, 5) is 28.0. The largest absolute Gasteiger partial charge is 0.481 e. The molecule has 2 heterocycles. The molecule has 0 aliphatic heterocycles. The Kier molecular flexibility index (Phi) is 6.08. The number of thioether (sulfide) groups is 1. The summed E-state index contributed by atoms with van der Waals surface area (Å²) in [6, 6.07) is 11.5. The zero-order valence-corrected chi connectivity index (χ0v) is 15.7. The minimum atomic E-state index is -0.860. The van der Waals surface area contributed by atoms with Crippen LogP contribution < -0.4 is 5.32 Å². The molecule has 0 aliphatic rings. The lowest BCUT2D eigenvalue weighted by Gasteiger charge is -2.09. The van der Waals surface area contributed by atoms with E-state index in [1.807, 2.05) is 37.3 Å². The standard InChI is InChI=1S/C19H20N4O3S/c1-2-23-18-15(11-21-23)14(19(26)20-8-9-27-12-17(24)25)10-16(22-18)13-6-4-3-5-7-13/h3-7,10-11H,2,8-9,12H2,1H3,(H,20,26)(H,24,25). The molecular formula is C19H20N4O3S. The molecule has 27 heavy (non-hydrogen) atoms. The molecule has 1 amide bonds. The second-order valence-electron chi connectivity index (χ2n) is 5.82. The first-order chi connectivity index (χ1) is 13.1. The van der Waals surface area contributed by atoms with Crippen molar-refractivity contribution in [3.8, 4) is 11.3 Å². The summed E-state index contributed by atoms with van der Waals surface area (Å²) in [5.41, 5.74) is 2.82. The van der Waals surface area contributed by atoms with Crippen LogP contribution in [0.2, 0.25) is 0 Å². The van der Waals surface area contributed by atoms with Gasteiger partial charge in [-0.3, -0.25) is 9.59 Å². The lowest BCUT2D eigenvalue weighted by Crippen LogP contribution is -2.26. The number of hydrogen-bond donors (Lipinski definition) is 2. The number of benzene rings is 1. The monoisotopic (exact) mass is 384 g/mol. The molecule has 3 aromatic rings. The van der Waals surface area contributed by atoms with E-state index < -0.39 is 5.97 Å². The third-order valence-electron chi connectivity index (χ3n) is 3.98. The third kappa shape index (κ3) is 4.46. The Morgan fingerprint density at radius 3 is 2.74 bits per heavy atom. The van der Waals surface area contributed by atoms with Crippen LogP contribution in [0, 0.1) is 0 Å². The molecule has 3 rings (SSSR count). The van der Waals surface area contributed by atoms with Crippen molar-refractivity contribution < 1.29 is 14.7 Å². The van der Waals surface area contributed by atoms with Crippen LogP contribution in [0.4, 0.5) is 0 Å². The normalized spacial score (nSPS) is 10.9. The Hall–Kier alpha value is -2.87. The van der Waals surface area contributed by atoms with Gasteiger partial charge in [0.15, 0.2) is 5.65 Å². The zero-order chi connectivity index (χ0) is 19.2. The molecule has 0 unspecified atom stereocenters. The summed E-state index contributed by atoms with van der Waals surface area (Å²) in [5, 5.41) is 16.5. The van der Waals surface area contributed by atoms with Crippen LogP contribution in [0.25, 0.3) is 22.3 Å². The zero-order valence-electron chi connectivity index (χ0n) is 14.9. The molecule has 0 fully saturated rings. The predicted molar refractivity (Wildman–Crippen MR) is 106 cm³/mol. The number of hydrogen-bond acceptors (Lipinski definition) is 5. The highest BCUT2D eigenvalue weighted by atomic mass is 32.2. The van der Waals surface area contributed by atoms with E-state index in [1.165, 1.54) is 11.8 Å². The molecule has 2 N–H and O–H groups in total. The number of aliphatic carboxylic acids is 1. The Labute approximate surface area is 160 Å². The maximum atomic E-state index is 12.7. The van der Waals surface area contributed by atoms with Crippen molar-refractivity contribution in [2.24, 2.45) is 0 Å². The predicted octanol–water partition coefficient (Wildman–Crippen LogP) is 2.67. The minimum Gasteiger partial charge on any atom is -0.481 e. The molecule has 0 aliphatic carbocycles. The van der Waals surface area contributed by atoms with Crippen LogP contribution in [-0.4, -0.2) is 49.8 Å². The summed E-state index contributed by atoms with van der Waals surface area (Å²) >= 11 is 1.27. The number of amides is 1. The van der Waals surface area contributed by atoms with Gasteiger partial charge in [-0.15, -0.1) is 11.8 Å². The number of carbonyl (C=O) groups is 2. The second kappa shape index (κ2) is 8.68. The third-order valence-corrected chi connectivity index (χ3v) is 4.92. The van der Waals surface area contributed by atoms with Gasteiger partial charge in [0.25, 0.3) is 5.91 Å². The molecule has 0 saturated heterocycles. The van der Waals surface area contributed by atoms with Gasteiger partial charge < -0.3 is 10.4 Å². The van der Waals surface area contributed by atoms with Crippen molar-refractivity contribution in [3.63, 3.8) is 0 Å². The van der Waals surface area contributed by atoms with Crippen molar-refractivity contribution in [1.82, 2.24) is 20.1 Å². The topological polar surface area (TPSA) is 97.1 Å². The van der Waals surface area contributed by atoms with Gasteiger partial charge in [-0.25, -0.2) is 9.67 Å². The maximum Gasteiger partial charge on any atom is 0.313 e. The summed E-state index contributed by atoms with van der Waals surface area (Å²) in [7, 11) is 0. The van der Waals surface area contributed by atoms with Crippen LogP contribution in [0.1, 0.15) is 17.3 Å². The molecular weight excluding hydrogens is 364 g/mol. The van der Waals surface area contributed by atoms with E-state index in [1.54, 1.807) is 16.9 Å². The number of carbonyl (C=O) groups excluding carboxylic acids is 1. The number of aryl methyl sites for hydroxylation is 1. The quantitative estimate of drug-likeness (QED) is 0.580. The number of rotatable bonds is 8. The number of aromatic nitrogens is 3. The molecule has 7 nitrogen and oxygen atoms in total. The van der Waals surface area contributed by atoms with E-state index in [-0.39, 0.29) is 11.7 Å². The van der Waals surface area contributed by atoms with Gasteiger partial charge >= 0.3 is 5.97 Å². The molecule has 1 aromatic carbocycles. The molecule has 140 valence electrons. The smallest absolute Gasteiger partial charge is 0.313 e. The van der Waals surface area contributed by atoms with Crippen molar-refractivity contribution in [2.45, 2.75) is 13.5 Å². The summed E-state index contributed by atoms with van der Waals surface area (Å²) in [6.45, 7) is 3.02. The lowest BCUT2D eigenvalue weighted by molar-refractivity contribution is -0.133. The van der Waals surface area contributed by atoms with E-state index in [9.17, 15) is 9.59 Å².